The van der Waals surface area contributed by atoms with E-state index in [4.69, 9.17) is 9.63 Å². The maximum absolute atomic E-state index is 12.1. The van der Waals surface area contributed by atoms with Crippen LogP contribution in [-0.2, 0) is 0 Å². The van der Waals surface area contributed by atoms with Crippen LogP contribution in [-0.4, -0.2) is 28.8 Å². The molecule has 5 heteroatoms. The van der Waals surface area contributed by atoms with Gasteiger partial charge in [0.1, 0.15) is 5.69 Å². The van der Waals surface area contributed by atoms with Crippen LogP contribution in [0.4, 0.5) is 0 Å². The number of hydrogen-bond donors (Lipinski definition) is 2. The third-order valence-corrected chi connectivity index (χ3v) is 3.53. The molecule has 108 valence electrons. The van der Waals surface area contributed by atoms with Crippen LogP contribution in [0.25, 0.3) is 11.3 Å². The van der Waals surface area contributed by atoms with E-state index in [9.17, 15) is 4.79 Å². The van der Waals surface area contributed by atoms with Gasteiger partial charge in [0.2, 0.25) is 5.76 Å². The summed E-state index contributed by atoms with van der Waals surface area (Å²) in [7, 11) is 0. The van der Waals surface area contributed by atoms with E-state index in [1.165, 1.54) is 0 Å². The zero-order valence-electron chi connectivity index (χ0n) is 11.4. The lowest BCUT2D eigenvalue weighted by molar-refractivity contribution is 0.0904. The van der Waals surface area contributed by atoms with Gasteiger partial charge >= 0.3 is 0 Å². The van der Waals surface area contributed by atoms with Crippen molar-refractivity contribution in [1.82, 2.24) is 10.5 Å². The van der Waals surface area contributed by atoms with Gasteiger partial charge in [-0.1, -0.05) is 47.6 Å². The number of benzene rings is 1. The molecule has 0 bridgehead atoms. The molecule has 3 rings (SSSR count). The molecule has 0 saturated carbocycles. The van der Waals surface area contributed by atoms with E-state index >= 15 is 0 Å². The molecule has 0 fully saturated rings. The van der Waals surface area contributed by atoms with Gasteiger partial charge in [0.15, 0.2) is 0 Å². The second-order valence-corrected chi connectivity index (χ2v) is 5.09. The van der Waals surface area contributed by atoms with Crippen LogP contribution >= 0.6 is 0 Å². The van der Waals surface area contributed by atoms with Crippen molar-refractivity contribution in [2.24, 2.45) is 5.92 Å². The summed E-state index contributed by atoms with van der Waals surface area (Å²) in [6.07, 6.45) is 4.52. The Morgan fingerprint density at radius 1 is 1.33 bits per heavy atom. The van der Waals surface area contributed by atoms with Crippen LogP contribution in [0.3, 0.4) is 0 Å². The van der Waals surface area contributed by atoms with E-state index in [-0.39, 0.29) is 30.2 Å². The Morgan fingerprint density at radius 3 is 2.86 bits per heavy atom. The molecule has 0 aliphatic heterocycles. The van der Waals surface area contributed by atoms with E-state index in [1.807, 2.05) is 42.5 Å². The summed E-state index contributed by atoms with van der Waals surface area (Å²) in [5, 5.41) is 15.8. The minimum Gasteiger partial charge on any atom is -0.396 e. The van der Waals surface area contributed by atoms with Crippen LogP contribution in [0, 0.1) is 5.92 Å². The summed E-state index contributed by atoms with van der Waals surface area (Å²) >= 11 is 0. The number of aliphatic hydroxyl groups is 1. The Hall–Kier alpha value is -2.40. The number of aromatic nitrogens is 1. The van der Waals surface area contributed by atoms with Crippen molar-refractivity contribution in [1.29, 1.82) is 0 Å². The zero-order chi connectivity index (χ0) is 14.7. The molecule has 1 heterocycles. The molecule has 0 unspecified atom stereocenters. The molecule has 5 nitrogen and oxygen atoms in total. The highest BCUT2D eigenvalue weighted by Crippen LogP contribution is 2.20. The van der Waals surface area contributed by atoms with Gasteiger partial charge in [-0.05, 0) is 6.42 Å². The normalized spacial score (nSPS) is 20.6. The molecule has 0 radical (unpaired) electrons. The number of nitrogens with one attached hydrogen (secondary N) is 1. The monoisotopic (exact) mass is 284 g/mol. The maximum atomic E-state index is 12.1. The van der Waals surface area contributed by atoms with Gasteiger partial charge in [0, 0.05) is 30.2 Å². The molecule has 0 spiro atoms. The number of hydrogen-bond acceptors (Lipinski definition) is 4. The van der Waals surface area contributed by atoms with Crippen molar-refractivity contribution in [2.45, 2.75) is 12.5 Å². The summed E-state index contributed by atoms with van der Waals surface area (Å²) < 4.78 is 5.11. The lowest BCUT2D eigenvalue weighted by Gasteiger charge is -2.10. The number of nitrogens with zero attached hydrogens (tertiary/aromatic N) is 1. The fourth-order valence-corrected chi connectivity index (χ4v) is 2.38. The topological polar surface area (TPSA) is 75.4 Å². The van der Waals surface area contributed by atoms with Crippen molar-refractivity contribution in [3.05, 3.63) is 54.3 Å². The van der Waals surface area contributed by atoms with Gasteiger partial charge in [0.25, 0.3) is 5.91 Å². The Morgan fingerprint density at radius 2 is 2.14 bits per heavy atom. The minimum absolute atomic E-state index is 0.0695. The lowest BCUT2D eigenvalue weighted by atomic mass is 10.1. The second kappa shape index (κ2) is 5.93. The average Bonchev–Trinajstić information content (AvgIpc) is 3.17. The molecule has 2 N–H and O–H groups in total. The van der Waals surface area contributed by atoms with Crippen LogP contribution in [0.15, 0.2) is 53.1 Å². The van der Waals surface area contributed by atoms with E-state index in [0.29, 0.717) is 12.1 Å². The molecular formula is C16H16N2O3. The third-order valence-electron chi connectivity index (χ3n) is 3.53. The Bertz CT molecular complexity index is 649. The zero-order valence-corrected chi connectivity index (χ0v) is 11.4. The quantitative estimate of drug-likeness (QED) is 0.842. The minimum atomic E-state index is -0.294. The van der Waals surface area contributed by atoms with Crippen molar-refractivity contribution in [3.63, 3.8) is 0 Å². The van der Waals surface area contributed by atoms with Crippen LogP contribution in [0.5, 0.6) is 0 Å². The third kappa shape index (κ3) is 3.03. The van der Waals surface area contributed by atoms with Crippen molar-refractivity contribution >= 4 is 5.91 Å². The van der Waals surface area contributed by atoms with E-state index < -0.39 is 0 Å². The van der Waals surface area contributed by atoms with Crippen LogP contribution < -0.4 is 5.32 Å². The standard InChI is InChI=1S/C16H16N2O3/c19-10-11-6-7-13(8-11)17-16(20)15-9-14(18-21-15)12-4-2-1-3-5-12/h1-7,9,11,13,19H,8,10H2,(H,17,20)/t11-,13+/m0/s1. The fourth-order valence-electron chi connectivity index (χ4n) is 2.38. The summed E-state index contributed by atoms with van der Waals surface area (Å²) in [4.78, 5) is 12.1. The molecule has 1 aliphatic rings. The lowest BCUT2D eigenvalue weighted by Crippen LogP contribution is -2.32. The first kappa shape index (κ1) is 13.6. The smallest absolute Gasteiger partial charge is 0.290 e. The molecule has 2 atom stereocenters. The highest BCUT2D eigenvalue weighted by Gasteiger charge is 2.22. The number of rotatable bonds is 4. The first-order valence-electron chi connectivity index (χ1n) is 6.88. The van der Waals surface area contributed by atoms with Gasteiger partial charge in [-0.3, -0.25) is 4.79 Å². The van der Waals surface area contributed by atoms with Gasteiger partial charge < -0.3 is 14.9 Å². The van der Waals surface area contributed by atoms with Gasteiger partial charge in [-0.25, -0.2) is 0 Å². The summed E-state index contributed by atoms with van der Waals surface area (Å²) in [6, 6.07) is 11.1. The molecule has 2 aromatic rings. The average molecular weight is 284 g/mol. The molecule has 1 aromatic heterocycles. The molecule has 0 saturated heterocycles. The molecule has 21 heavy (non-hydrogen) atoms. The molecule has 1 aromatic carbocycles. The number of carbonyl (C=O) groups excluding carboxylic acids is 1. The first-order valence-corrected chi connectivity index (χ1v) is 6.88. The fraction of sp³-hybridized carbons (Fsp3) is 0.250. The predicted octanol–water partition coefficient (Wildman–Crippen LogP) is 2.01. The highest BCUT2D eigenvalue weighted by atomic mass is 16.5. The Balaban J connectivity index is 1.66. The van der Waals surface area contributed by atoms with Crippen LogP contribution in [0.1, 0.15) is 17.0 Å². The van der Waals surface area contributed by atoms with Gasteiger partial charge in [-0.15, -0.1) is 0 Å². The highest BCUT2D eigenvalue weighted by molar-refractivity contribution is 5.92. The van der Waals surface area contributed by atoms with Crippen LogP contribution in [0.2, 0.25) is 0 Å². The first-order chi connectivity index (χ1) is 10.3. The summed E-state index contributed by atoms with van der Waals surface area (Å²) in [5.41, 5.74) is 1.54. The van der Waals surface area contributed by atoms with Crippen molar-refractivity contribution < 1.29 is 14.4 Å². The Kier molecular flexibility index (Phi) is 3.83. The molecule has 1 amide bonds. The number of amides is 1. The summed E-state index contributed by atoms with van der Waals surface area (Å²) in [6.45, 7) is 0.101. The Labute approximate surface area is 122 Å². The number of carbonyl (C=O) groups is 1. The van der Waals surface area contributed by atoms with Crippen molar-refractivity contribution in [2.75, 3.05) is 6.61 Å². The second-order valence-electron chi connectivity index (χ2n) is 5.09. The maximum Gasteiger partial charge on any atom is 0.290 e. The predicted molar refractivity (Wildman–Crippen MR) is 77.5 cm³/mol. The van der Waals surface area contributed by atoms with E-state index in [1.54, 1.807) is 6.07 Å². The number of aliphatic hydroxyl groups excluding tert-OH is 1. The van der Waals surface area contributed by atoms with Crippen molar-refractivity contribution in [3.8, 4) is 11.3 Å². The molecule has 1 aliphatic carbocycles. The van der Waals surface area contributed by atoms with E-state index in [2.05, 4.69) is 10.5 Å². The summed E-state index contributed by atoms with van der Waals surface area (Å²) in [5.74, 6) is 0.0116. The van der Waals surface area contributed by atoms with E-state index in [0.717, 1.165) is 5.56 Å². The SMILES string of the molecule is O=C(N[C@@H]1C=C[C@H](CO)C1)c1cc(-c2ccccc2)no1. The molecular weight excluding hydrogens is 268 g/mol. The van der Waals surface area contributed by atoms with Gasteiger partial charge in [0.05, 0.1) is 0 Å². The van der Waals surface area contributed by atoms with Gasteiger partial charge in [-0.2, -0.15) is 0 Å². The largest absolute Gasteiger partial charge is 0.396 e.